The molecule has 29 heavy (non-hydrogen) atoms. The summed E-state index contributed by atoms with van der Waals surface area (Å²) in [6.07, 6.45) is 3.62. The summed E-state index contributed by atoms with van der Waals surface area (Å²) in [5.41, 5.74) is 0.102. The summed E-state index contributed by atoms with van der Waals surface area (Å²) >= 11 is 0. The van der Waals surface area contributed by atoms with Gasteiger partial charge in [0.05, 0.1) is 11.8 Å². The minimum absolute atomic E-state index is 0.0261. The van der Waals surface area contributed by atoms with E-state index < -0.39 is 17.7 Å². The van der Waals surface area contributed by atoms with Crippen LogP contribution < -0.4 is 5.32 Å². The standard InChI is InChI=1S/C21H25F2N3O3/c1-13(2)20(21(28)26-9-3-4-10-26)25-18(27)7-8-19-24-12-17(29-19)15-6-5-14(22)11-16(15)23/h5-6,11-13,20H,3-4,7-10H2,1-2H3,(H,25,27)/t20-/m0/s1. The molecule has 0 bridgehead atoms. The molecule has 2 heterocycles. The molecule has 0 spiro atoms. The third kappa shape index (κ3) is 5.19. The van der Waals surface area contributed by atoms with Crippen LogP contribution >= 0.6 is 0 Å². The molecule has 1 N–H and O–H groups in total. The number of amides is 2. The van der Waals surface area contributed by atoms with Crippen LogP contribution in [0.15, 0.2) is 28.8 Å². The quantitative estimate of drug-likeness (QED) is 0.767. The average Bonchev–Trinajstić information content (AvgIpc) is 3.35. The molecule has 0 unspecified atom stereocenters. The molecule has 1 aromatic heterocycles. The highest BCUT2D eigenvalue weighted by Crippen LogP contribution is 2.24. The lowest BCUT2D eigenvalue weighted by Gasteiger charge is -2.26. The molecule has 2 amide bonds. The summed E-state index contributed by atoms with van der Waals surface area (Å²) in [5, 5.41) is 2.82. The number of carbonyl (C=O) groups excluding carboxylic acids is 2. The van der Waals surface area contributed by atoms with Crippen LogP contribution in [0.25, 0.3) is 11.3 Å². The minimum Gasteiger partial charge on any atom is -0.441 e. The first-order valence-corrected chi connectivity index (χ1v) is 9.83. The largest absolute Gasteiger partial charge is 0.441 e. The summed E-state index contributed by atoms with van der Waals surface area (Å²) in [5.74, 6) is -1.33. The third-order valence-electron chi connectivity index (χ3n) is 4.98. The van der Waals surface area contributed by atoms with E-state index in [4.69, 9.17) is 4.42 Å². The topological polar surface area (TPSA) is 75.4 Å². The second-order valence-electron chi connectivity index (χ2n) is 7.56. The van der Waals surface area contributed by atoms with Crippen molar-refractivity contribution in [3.05, 3.63) is 41.9 Å². The van der Waals surface area contributed by atoms with Crippen LogP contribution in [0.1, 0.15) is 39.0 Å². The number of hydrogen-bond donors (Lipinski definition) is 1. The molecule has 1 aliphatic heterocycles. The maximum atomic E-state index is 13.9. The van der Waals surface area contributed by atoms with Crippen LogP contribution in [-0.4, -0.2) is 40.8 Å². The first-order chi connectivity index (χ1) is 13.8. The maximum Gasteiger partial charge on any atom is 0.245 e. The first-order valence-electron chi connectivity index (χ1n) is 9.83. The van der Waals surface area contributed by atoms with Crippen molar-refractivity contribution in [2.75, 3.05) is 13.1 Å². The molecule has 2 aromatic rings. The van der Waals surface area contributed by atoms with Gasteiger partial charge in [0.1, 0.15) is 17.7 Å². The Hall–Kier alpha value is -2.77. The Morgan fingerprint density at radius 3 is 2.62 bits per heavy atom. The number of carbonyl (C=O) groups is 2. The molecule has 0 aliphatic carbocycles. The lowest BCUT2D eigenvalue weighted by atomic mass is 10.0. The number of rotatable bonds is 7. The molecule has 1 aliphatic rings. The highest BCUT2D eigenvalue weighted by Gasteiger charge is 2.30. The number of aromatic nitrogens is 1. The van der Waals surface area contributed by atoms with Crippen molar-refractivity contribution in [2.45, 2.75) is 45.6 Å². The van der Waals surface area contributed by atoms with E-state index in [2.05, 4.69) is 10.3 Å². The van der Waals surface area contributed by atoms with E-state index in [0.717, 1.165) is 38.1 Å². The smallest absolute Gasteiger partial charge is 0.245 e. The van der Waals surface area contributed by atoms with Crippen molar-refractivity contribution >= 4 is 11.8 Å². The Bertz CT molecular complexity index is 876. The summed E-state index contributed by atoms with van der Waals surface area (Å²) in [6.45, 7) is 5.26. The lowest BCUT2D eigenvalue weighted by molar-refractivity contribution is -0.136. The molecule has 6 nitrogen and oxygen atoms in total. The Morgan fingerprint density at radius 1 is 1.24 bits per heavy atom. The number of halogens is 2. The monoisotopic (exact) mass is 405 g/mol. The molecule has 1 aromatic carbocycles. The zero-order valence-electron chi connectivity index (χ0n) is 16.6. The van der Waals surface area contributed by atoms with E-state index in [1.54, 1.807) is 4.90 Å². The van der Waals surface area contributed by atoms with Crippen molar-refractivity contribution < 1.29 is 22.8 Å². The van der Waals surface area contributed by atoms with Gasteiger partial charge in [0.2, 0.25) is 11.8 Å². The van der Waals surface area contributed by atoms with Gasteiger partial charge in [-0.2, -0.15) is 0 Å². The highest BCUT2D eigenvalue weighted by molar-refractivity contribution is 5.88. The summed E-state index contributed by atoms with van der Waals surface area (Å²) < 4.78 is 32.4. The zero-order valence-corrected chi connectivity index (χ0v) is 16.6. The van der Waals surface area contributed by atoms with Crippen LogP contribution in [0.2, 0.25) is 0 Å². The maximum absolute atomic E-state index is 13.9. The number of hydrogen-bond acceptors (Lipinski definition) is 4. The van der Waals surface area contributed by atoms with Gasteiger partial charge < -0.3 is 14.6 Å². The van der Waals surface area contributed by atoms with Crippen LogP contribution in [0.4, 0.5) is 8.78 Å². The van der Waals surface area contributed by atoms with E-state index in [9.17, 15) is 18.4 Å². The number of nitrogens with zero attached hydrogens (tertiary/aromatic N) is 2. The molecule has 8 heteroatoms. The van der Waals surface area contributed by atoms with Crippen molar-refractivity contribution in [2.24, 2.45) is 5.92 Å². The predicted octanol–water partition coefficient (Wildman–Crippen LogP) is 3.32. The van der Waals surface area contributed by atoms with E-state index >= 15 is 0 Å². The van der Waals surface area contributed by atoms with Crippen molar-refractivity contribution in [3.63, 3.8) is 0 Å². The fraction of sp³-hybridized carbons (Fsp3) is 0.476. The van der Waals surface area contributed by atoms with Gasteiger partial charge in [0, 0.05) is 32.0 Å². The summed E-state index contributed by atoms with van der Waals surface area (Å²) in [7, 11) is 0. The van der Waals surface area contributed by atoms with Crippen LogP contribution in [0, 0.1) is 17.6 Å². The molecule has 0 radical (unpaired) electrons. The number of oxazole rings is 1. The van der Waals surface area contributed by atoms with Crippen LogP contribution in [0.3, 0.4) is 0 Å². The van der Waals surface area contributed by atoms with Gasteiger partial charge in [-0.15, -0.1) is 0 Å². The molecular formula is C21H25F2N3O3. The number of nitrogens with one attached hydrogen (secondary N) is 1. The fourth-order valence-electron chi connectivity index (χ4n) is 3.35. The van der Waals surface area contributed by atoms with Crippen LogP contribution in [-0.2, 0) is 16.0 Å². The number of benzene rings is 1. The first kappa shape index (κ1) is 21.0. The van der Waals surface area contributed by atoms with Crippen molar-refractivity contribution in [1.29, 1.82) is 0 Å². The molecule has 1 saturated heterocycles. The van der Waals surface area contributed by atoms with Gasteiger partial charge in [-0.25, -0.2) is 13.8 Å². The second kappa shape index (κ2) is 9.15. The van der Waals surface area contributed by atoms with Gasteiger partial charge in [0.15, 0.2) is 11.7 Å². The zero-order chi connectivity index (χ0) is 21.0. The van der Waals surface area contributed by atoms with E-state index in [-0.39, 0.29) is 47.8 Å². The molecular weight excluding hydrogens is 380 g/mol. The number of aryl methyl sites for hydroxylation is 1. The highest BCUT2D eigenvalue weighted by atomic mass is 19.1. The second-order valence-corrected chi connectivity index (χ2v) is 7.56. The van der Waals surface area contributed by atoms with Gasteiger partial charge in [-0.05, 0) is 30.9 Å². The Morgan fingerprint density at radius 2 is 1.97 bits per heavy atom. The molecule has 1 fully saturated rings. The summed E-state index contributed by atoms with van der Waals surface area (Å²) in [6, 6.07) is 2.62. The SMILES string of the molecule is CC(C)[C@H](NC(=O)CCc1ncc(-c2ccc(F)cc2F)o1)C(=O)N1CCCC1. The van der Waals surface area contributed by atoms with Crippen molar-refractivity contribution in [1.82, 2.24) is 15.2 Å². The molecule has 1 atom stereocenters. The lowest BCUT2D eigenvalue weighted by Crippen LogP contribution is -2.50. The Kier molecular flexibility index (Phi) is 6.61. The Balaban J connectivity index is 1.57. The van der Waals surface area contributed by atoms with Gasteiger partial charge >= 0.3 is 0 Å². The van der Waals surface area contributed by atoms with Gasteiger partial charge in [-0.1, -0.05) is 13.8 Å². The van der Waals surface area contributed by atoms with Crippen LogP contribution in [0.5, 0.6) is 0 Å². The predicted molar refractivity (Wildman–Crippen MR) is 103 cm³/mol. The third-order valence-corrected chi connectivity index (χ3v) is 4.98. The van der Waals surface area contributed by atoms with Gasteiger partial charge in [-0.3, -0.25) is 9.59 Å². The fourth-order valence-corrected chi connectivity index (χ4v) is 3.35. The normalized spacial score (nSPS) is 15.0. The Labute approximate surface area is 168 Å². The van der Waals surface area contributed by atoms with E-state index in [1.165, 1.54) is 12.3 Å². The van der Waals surface area contributed by atoms with E-state index in [1.807, 2.05) is 13.8 Å². The minimum atomic E-state index is -0.745. The molecule has 0 saturated carbocycles. The van der Waals surface area contributed by atoms with Gasteiger partial charge in [0.25, 0.3) is 0 Å². The molecule has 156 valence electrons. The number of likely N-dealkylation sites (tertiary alicyclic amines) is 1. The summed E-state index contributed by atoms with van der Waals surface area (Å²) in [4.78, 5) is 30.8. The van der Waals surface area contributed by atoms with E-state index in [0.29, 0.717) is 0 Å². The van der Waals surface area contributed by atoms with Crippen molar-refractivity contribution in [3.8, 4) is 11.3 Å². The molecule has 3 rings (SSSR count). The average molecular weight is 405 g/mol.